The Balaban J connectivity index is 2.14. The molecule has 0 aliphatic carbocycles. The van der Waals surface area contributed by atoms with E-state index < -0.39 is 5.97 Å². The Morgan fingerprint density at radius 1 is 1.11 bits per heavy atom. The van der Waals surface area contributed by atoms with Gasteiger partial charge in [-0.15, -0.1) is 0 Å². The molecule has 0 atom stereocenters. The molecule has 27 heavy (non-hydrogen) atoms. The molecule has 0 radical (unpaired) electrons. The van der Waals surface area contributed by atoms with Crippen LogP contribution in [0.1, 0.15) is 19.4 Å². The van der Waals surface area contributed by atoms with Crippen molar-refractivity contribution in [1.82, 2.24) is 0 Å². The Morgan fingerprint density at radius 2 is 1.78 bits per heavy atom. The van der Waals surface area contributed by atoms with E-state index in [9.17, 15) is 9.59 Å². The largest absolute Gasteiger partial charge is 0.462 e. The molecule has 0 spiro atoms. The summed E-state index contributed by atoms with van der Waals surface area (Å²) in [4.78, 5) is 27.2. The molecule has 0 aromatic heterocycles. The van der Waals surface area contributed by atoms with Gasteiger partial charge in [0.1, 0.15) is 0 Å². The SMILES string of the molecule is CCOC(=O)C1=C(C)N(c2ccc(Cl)cc2)C(=O)/C1=C\c1ccccc1Cl. The van der Waals surface area contributed by atoms with Crippen molar-refractivity contribution in [3.8, 4) is 0 Å². The van der Waals surface area contributed by atoms with Crippen LogP contribution in [-0.4, -0.2) is 18.5 Å². The summed E-state index contributed by atoms with van der Waals surface area (Å²) >= 11 is 12.2. The normalized spacial score (nSPS) is 15.6. The smallest absolute Gasteiger partial charge is 0.340 e. The molecular formula is C21H17Cl2NO3. The maximum atomic E-state index is 13.2. The monoisotopic (exact) mass is 401 g/mol. The summed E-state index contributed by atoms with van der Waals surface area (Å²) in [6.07, 6.45) is 1.62. The quantitative estimate of drug-likeness (QED) is 0.518. The summed E-state index contributed by atoms with van der Waals surface area (Å²) < 4.78 is 5.18. The molecule has 1 heterocycles. The summed E-state index contributed by atoms with van der Waals surface area (Å²) in [5.74, 6) is -0.865. The van der Waals surface area contributed by atoms with Crippen LogP contribution in [0.5, 0.6) is 0 Å². The summed E-state index contributed by atoms with van der Waals surface area (Å²) in [6.45, 7) is 3.65. The Labute approximate surface area is 167 Å². The zero-order valence-electron chi connectivity index (χ0n) is 14.8. The Kier molecular flexibility index (Phi) is 5.68. The summed E-state index contributed by atoms with van der Waals surface area (Å²) in [5.41, 5.74) is 2.24. The maximum Gasteiger partial charge on any atom is 0.340 e. The highest BCUT2D eigenvalue weighted by atomic mass is 35.5. The van der Waals surface area contributed by atoms with Gasteiger partial charge < -0.3 is 4.74 Å². The van der Waals surface area contributed by atoms with E-state index in [0.29, 0.717) is 27.0 Å². The number of halogens is 2. The van der Waals surface area contributed by atoms with Crippen molar-refractivity contribution in [1.29, 1.82) is 0 Å². The Bertz CT molecular complexity index is 962. The van der Waals surface area contributed by atoms with E-state index in [1.807, 2.05) is 6.07 Å². The number of anilines is 1. The number of ether oxygens (including phenoxy) is 1. The highest BCUT2D eigenvalue weighted by molar-refractivity contribution is 6.33. The molecule has 0 bridgehead atoms. The fourth-order valence-corrected chi connectivity index (χ4v) is 3.25. The summed E-state index contributed by atoms with van der Waals surface area (Å²) in [6, 6.07) is 14.0. The predicted molar refractivity (Wildman–Crippen MR) is 108 cm³/mol. The van der Waals surface area contributed by atoms with Crippen molar-refractivity contribution in [2.75, 3.05) is 11.5 Å². The van der Waals surface area contributed by atoms with Gasteiger partial charge in [-0.05, 0) is 55.8 Å². The molecule has 0 fully saturated rings. The standard InChI is InChI=1S/C21H17Cl2NO3/c1-3-27-21(26)19-13(2)24(16-10-8-15(22)9-11-16)20(25)17(19)12-14-6-4-5-7-18(14)23/h4-12H,3H2,1-2H3/b17-12-. The number of rotatable bonds is 4. The van der Waals surface area contributed by atoms with Crippen LogP contribution in [-0.2, 0) is 14.3 Å². The van der Waals surface area contributed by atoms with E-state index in [-0.39, 0.29) is 23.7 Å². The lowest BCUT2D eigenvalue weighted by Gasteiger charge is -2.18. The fraction of sp³-hybridized carbons (Fsp3) is 0.143. The van der Waals surface area contributed by atoms with Gasteiger partial charge in [0.05, 0.1) is 17.8 Å². The molecule has 2 aromatic rings. The van der Waals surface area contributed by atoms with Gasteiger partial charge in [-0.1, -0.05) is 41.4 Å². The third-order valence-corrected chi connectivity index (χ3v) is 4.77. The van der Waals surface area contributed by atoms with Gasteiger partial charge in [-0.3, -0.25) is 9.69 Å². The van der Waals surface area contributed by atoms with Crippen molar-refractivity contribution in [3.05, 3.63) is 81.0 Å². The number of esters is 1. The van der Waals surface area contributed by atoms with Crippen molar-refractivity contribution in [2.45, 2.75) is 13.8 Å². The molecule has 3 rings (SSSR count). The van der Waals surface area contributed by atoms with Crippen LogP contribution < -0.4 is 4.90 Å². The van der Waals surface area contributed by atoms with Gasteiger partial charge in [0, 0.05) is 21.4 Å². The van der Waals surface area contributed by atoms with Gasteiger partial charge >= 0.3 is 5.97 Å². The van der Waals surface area contributed by atoms with Gasteiger partial charge in [0.2, 0.25) is 0 Å². The van der Waals surface area contributed by atoms with E-state index in [4.69, 9.17) is 27.9 Å². The van der Waals surface area contributed by atoms with Crippen LogP contribution >= 0.6 is 23.2 Å². The minimum absolute atomic E-state index is 0.212. The van der Waals surface area contributed by atoms with E-state index in [2.05, 4.69) is 0 Å². The molecule has 1 aliphatic rings. The van der Waals surface area contributed by atoms with Gasteiger partial charge in [0.15, 0.2) is 0 Å². The van der Waals surface area contributed by atoms with E-state index in [1.165, 1.54) is 4.90 Å². The predicted octanol–water partition coefficient (Wildman–Crippen LogP) is 5.26. The average Bonchev–Trinajstić information content (AvgIpc) is 2.88. The van der Waals surface area contributed by atoms with E-state index in [1.54, 1.807) is 62.4 Å². The number of carbonyl (C=O) groups is 2. The van der Waals surface area contributed by atoms with Gasteiger partial charge in [-0.2, -0.15) is 0 Å². The first-order valence-electron chi connectivity index (χ1n) is 8.38. The third-order valence-electron chi connectivity index (χ3n) is 4.17. The van der Waals surface area contributed by atoms with Crippen molar-refractivity contribution >= 4 is 46.8 Å². The van der Waals surface area contributed by atoms with Gasteiger partial charge in [-0.25, -0.2) is 4.79 Å². The summed E-state index contributed by atoms with van der Waals surface area (Å²) in [7, 11) is 0. The molecule has 138 valence electrons. The number of hydrogen-bond donors (Lipinski definition) is 0. The number of carbonyl (C=O) groups excluding carboxylic acids is 2. The minimum Gasteiger partial charge on any atom is -0.462 e. The topological polar surface area (TPSA) is 46.6 Å². The second-order valence-electron chi connectivity index (χ2n) is 5.88. The van der Waals surface area contributed by atoms with E-state index in [0.717, 1.165) is 0 Å². The molecule has 0 saturated heterocycles. The van der Waals surface area contributed by atoms with Crippen molar-refractivity contribution < 1.29 is 14.3 Å². The van der Waals surface area contributed by atoms with Crippen LogP contribution in [0.15, 0.2) is 65.4 Å². The highest BCUT2D eigenvalue weighted by Crippen LogP contribution is 2.36. The molecule has 0 N–H and O–H groups in total. The molecule has 4 nitrogen and oxygen atoms in total. The van der Waals surface area contributed by atoms with Crippen LogP contribution in [0.4, 0.5) is 5.69 Å². The first kappa shape index (κ1) is 19.2. The molecule has 1 aliphatic heterocycles. The highest BCUT2D eigenvalue weighted by Gasteiger charge is 2.38. The molecule has 1 amide bonds. The second kappa shape index (κ2) is 7.99. The lowest BCUT2D eigenvalue weighted by atomic mass is 10.0. The summed E-state index contributed by atoms with van der Waals surface area (Å²) in [5, 5.41) is 1.05. The van der Waals surface area contributed by atoms with Gasteiger partial charge in [0.25, 0.3) is 5.91 Å². The number of benzene rings is 2. The van der Waals surface area contributed by atoms with Crippen LogP contribution in [0.25, 0.3) is 6.08 Å². The van der Waals surface area contributed by atoms with Crippen molar-refractivity contribution in [3.63, 3.8) is 0 Å². The Morgan fingerprint density at radius 3 is 2.41 bits per heavy atom. The lowest BCUT2D eigenvalue weighted by molar-refractivity contribution is -0.138. The number of amides is 1. The molecule has 2 aromatic carbocycles. The Hall–Kier alpha value is -2.56. The lowest BCUT2D eigenvalue weighted by Crippen LogP contribution is -2.24. The van der Waals surface area contributed by atoms with Crippen LogP contribution in [0.3, 0.4) is 0 Å². The maximum absolute atomic E-state index is 13.2. The molecular weight excluding hydrogens is 385 g/mol. The first-order valence-corrected chi connectivity index (χ1v) is 9.14. The molecule has 0 saturated carbocycles. The zero-order chi connectivity index (χ0) is 19.6. The molecule has 0 unspecified atom stereocenters. The number of hydrogen-bond acceptors (Lipinski definition) is 3. The van der Waals surface area contributed by atoms with Crippen LogP contribution in [0, 0.1) is 0 Å². The second-order valence-corrected chi connectivity index (χ2v) is 6.72. The first-order chi connectivity index (χ1) is 12.9. The minimum atomic E-state index is -0.543. The zero-order valence-corrected chi connectivity index (χ0v) is 16.3. The molecule has 6 heteroatoms. The van der Waals surface area contributed by atoms with Crippen LogP contribution in [0.2, 0.25) is 10.0 Å². The van der Waals surface area contributed by atoms with E-state index >= 15 is 0 Å². The number of allylic oxidation sites excluding steroid dienone is 1. The average molecular weight is 402 g/mol. The fourth-order valence-electron chi connectivity index (χ4n) is 2.93. The third kappa shape index (κ3) is 3.77. The van der Waals surface area contributed by atoms with Crippen molar-refractivity contribution in [2.24, 2.45) is 0 Å². The number of nitrogens with zero attached hydrogens (tertiary/aromatic N) is 1.